The van der Waals surface area contributed by atoms with Gasteiger partial charge in [0.1, 0.15) is 0 Å². The molecule has 2 aromatic carbocycles. The minimum Gasteiger partial charge on any atom is -0.127 e. The molecule has 9 heteroatoms. The lowest BCUT2D eigenvalue weighted by Gasteiger charge is -2.08. The zero-order chi connectivity index (χ0) is 16.7. The lowest BCUT2D eigenvalue weighted by atomic mass is 10.3. The highest BCUT2D eigenvalue weighted by Crippen LogP contribution is 2.40. The van der Waals surface area contributed by atoms with Gasteiger partial charge in [-0.1, -0.05) is 69.6 Å². The minimum atomic E-state index is 0.418. The van der Waals surface area contributed by atoms with Crippen LogP contribution in [0.4, 0.5) is 11.4 Å². The molecule has 2 aromatic rings. The van der Waals surface area contributed by atoms with Crippen molar-refractivity contribution in [1.29, 1.82) is 0 Å². The summed E-state index contributed by atoms with van der Waals surface area (Å²) < 4.78 is 1.68. The van der Waals surface area contributed by atoms with E-state index in [1.54, 1.807) is 34.0 Å². The van der Waals surface area contributed by atoms with Crippen molar-refractivity contribution in [3.05, 3.63) is 54.4 Å². The van der Waals surface area contributed by atoms with E-state index in [1.807, 2.05) is 0 Å². The van der Waals surface area contributed by atoms with Crippen molar-refractivity contribution in [2.24, 2.45) is 5.22 Å². The van der Waals surface area contributed by atoms with Crippen LogP contribution in [0.5, 0.6) is 0 Å². The van der Waals surface area contributed by atoms with Gasteiger partial charge in [0.2, 0.25) is 0 Å². The summed E-state index contributed by atoms with van der Waals surface area (Å²) in [6, 6.07) is 6.46. The first-order chi connectivity index (χ1) is 10.9. The number of rotatable bonds is 2. The van der Waals surface area contributed by atoms with Crippen LogP contribution < -0.4 is 5.01 Å². The molecule has 0 N–H and O–H groups in total. The Morgan fingerprint density at radius 2 is 1.26 bits per heavy atom. The van der Waals surface area contributed by atoms with Crippen LogP contribution in [0, 0.1) is 0 Å². The molecule has 3 nitrogen and oxygen atoms in total. The highest BCUT2D eigenvalue weighted by molar-refractivity contribution is 6.42. The fourth-order valence-corrected chi connectivity index (χ4v) is 4.31. The van der Waals surface area contributed by atoms with Crippen LogP contribution >= 0.6 is 69.6 Å². The summed E-state index contributed by atoms with van der Waals surface area (Å²) >= 11 is 36.8. The first kappa shape index (κ1) is 17.4. The van der Waals surface area contributed by atoms with Crippen molar-refractivity contribution in [2.45, 2.75) is 0 Å². The normalized spacial score (nSPS) is 14.3. The molecule has 120 valence electrons. The van der Waals surface area contributed by atoms with Gasteiger partial charge in [-0.2, -0.15) is 0 Å². The van der Waals surface area contributed by atoms with Gasteiger partial charge in [-0.05, 0) is 24.3 Å². The minimum absolute atomic E-state index is 0.418. The van der Waals surface area contributed by atoms with Gasteiger partial charge in [0.15, 0.2) is 24.5 Å². The summed E-state index contributed by atoms with van der Waals surface area (Å²) in [6.45, 7) is 1.13. The molecule has 0 spiro atoms. The molecule has 0 radical (unpaired) electrons. The Kier molecular flexibility index (Phi) is 5.17. The molecule has 3 rings (SSSR count). The third kappa shape index (κ3) is 3.51. The van der Waals surface area contributed by atoms with E-state index in [4.69, 9.17) is 69.6 Å². The number of hydrogen-bond donors (Lipinski definition) is 0. The van der Waals surface area contributed by atoms with Gasteiger partial charge in [0, 0.05) is 10.0 Å². The predicted octanol–water partition coefficient (Wildman–Crippen LogP) is 7.14. The number of anilines is 1. The standard InChI is InChI=1S/C14H8Cl6N3/c15-7-3-9(17)13(10(18)4-7)22-1-2-23(21-22)14-11(19)5-8(16)6-12(14)20/h3-6H,1-2H2/q+1. The van der Waals surface area contributed by atoms with Gasteiger partial charge >= 0.3 is 0 Å². The van der Waals surface area contributed by atoms with Crippen LogP contribution in [-0.2, 0) is 0 Å². The molecular weight excluding hydrogens is 423 g/mol. The second kappa shape index (κ2) is 6.83. The molecule has 0 aliphatic carbocycles. The van der Waals surface area contributed by atoms with E-state index in [0.29, 0.717) is 54.6 Å². The maximum atomic E-state index is 6.23. The van der Waals surface area contributed by atoms with Gasteiger partial charge in [0.05, 0.1) is 25.3 Å². The molecule has 1 aliphatic heterocycles. The summed E-state index contributed by atoms with van der Waals surface area (Å²) in [7, 11) is 0. The summed E-state index contributed by atoms with van der Waals surface area (Å²) in [5.41, 5.74) is 1.17. The van der Waals surface area contributed by atoms with Gasteiger partial charge in [-0.15, -0.1) is 9.71 Å². The predicted molar refractivity (Wildman–Crippen MR) is 97.5 cm³/mol. The second-order valence-electron chi connectivity index (χ2n) is 4.77. The third-order valence-corrected chi connectivity index (χ3v) is 4.81. The van der Waals surface area contributed by atoms with Crippen LogP contribution in [0.3, 0.4) is 0 Å². The van der Waals surface area contributed by atoms with Gasteiger partial charge < -0.3 is 0 Å². The van der Waals surface area contributed by atoms with Crippen LogP contribution in [0.15, 0.2) is 29.5 Å². The average Bonchev–Trinajstić information content (AvgIpc) is 2.85. The number of halogens is 6. The SMILES string of the molecule is Clc1cc(Cl)c(N2CC[N+](c3c(Cl)cc(Cl)cc3Cl)=N2)c(Cl)c1. The third-order valence-electron chi connectivity index (χ3n) is 3.22. The Morgan fingerprint density at radius 1 is 0.783 bits per heavy atom. The summed E-state index contributed by atoms with van der Waals surface area (Å²) in [4.78, 5) is 0. The van der Waals surface area contributed by atoms with Crippen molar-refractivity contribution in [3.8, 4) is 0 Å². The molecular formula is C14H8Cl6N3+. The van der Waals surface area contributed by atoms with E-state index in [9.17, 15) is 0 Å². The fourth-order valence-electron chi connectivity index (χ4n) is 2.28. The van der Waals surface area contributed by atoms with Crippen LogP contribution in [0.1, 0.15) is 0 Å². The fraction of sp³-hybridized carbons (Fsp3) is 0.143. The monoisotopic (exact) mass is 428 g/mol. The molecule has 0 saturated carbocycles. The highest BCUT2D eigenvalue weighted by Gasteiger charge is 2.31. The number of hydrogen-bond acceptors (Lipinski definition) is 2. The smallest absolute Gasteiger partial charge is 0.127 e. The van der Waals surface area contributed by atoms with Crippen molar-refractivity contribution in [1.82, 2.24) is 0 Å². The maximum absolute atomic E-state index is 6.23. The molecule has 1 heterocycles. The molecule has 0 saturated heterocycles. The number of benzene rings is 2. The van der Waals surface area contributed by atoms with Crippen molar-refractivity contribution >= 4 is 81.0 Å². The molecule has 0 atom stereocenters. The highest BCUT2D eigenvalue weighted by atomic mass is 35.5. The van der Waals surface area contributed by atoms with Gasteiger partial charge in [-0.3, -0.25) is 0 Å². The summed E-state index contributed by atoms with van der Waals surface area (Å²) in [6.07, 6.45) is 0. The van der Waals surface area contributed by atoms with Crippen LogP contribution in [0.25, 0.3) is 0 Å². The summed E-state index contributed by atoms with van der Waals surface area (Å²) in [5, 5.41) is 8.75. The van der Waals surface area contributed by atoms with Gasteiger partial charge in [-0.25, -0.2) is 0 Å². The summed E-state index contributed by atoms with van der Waals surface area (Å²) in [5.74, 6) is 0. The first-order valence-corrected chi connectivity index (χ1v) is 8.69. The van der Waals surface area contributed by atoms with E-state index in [1.165, 1.54) is 0 Å². The maximum Gasteiger partial charge on any atom is 0.187 e. The van der Waals surface area contributed by atoms with Crippen LogP contribution in [0.2, 0.25) is 30.1 Å². The topological polar surface area (TPSA) is 18.6 Å². The Hall–Kier alpha value is -0.420. The molecule has 0 unspecified atom stereocenters. The quantitative estimate of drug-likeness (QED) is 0.463. The molecule has 0 amide bonds. The Labute approximate surface area is 162 Å². The average molecular weight is 431 g/mol. The van der Waals surface area contributed by atoms with Crippen LogP contribution in [-0.4, -0.2) is 17.8 Å². The van der Waals surface area contributed by atoms with E-state index in [0.717, 1.165) is 0 Å². The first-order valence-electron chi connectivity index (χ1n) is 6.42. The number of nitrogens with zero attached hydrogens (tertiary/aromatic N) is 3. The lowest BCUT2D eigenvalue weighted by Crippen LogP contribution is -2.14. The zero-order valence-electron chi connectivity index (χ0n) is 11.3. The largest absolute Gasteiger partial charge is 0.187 e. The van der Waals surface area contributed by atoms with E-state index in [-0.39, 0.29) is 0 Å². The van der Waals surface area contributed by atoms with Gasteiger partial charge in [0.25, 0.3) is 0 Å². The molecule has 0 bridgehead atoms. The second-order valence-corrected chi connectivity index (χ2v) is 7.27. The molecule has 23 heavy (non-hydrogen) atoms. The zero-order valence-corrected chi connectivity index (χ0v) is 15.9. The Balaban J connectivity index is 2.03. The Bertz CT molecular complexity index is 774. The Morgan fingerprint density at radius 3 is 1.78 bits per heavy atom. The van der Waals surface area contributed by atoms with E-state index >= 15 is 0 Å². The van der Waals surface area contributed by atoms with E-state index < -0.39 is 0 Å². The lowest BCUT2D eigenvalue weighted by molar-refractivity contribution is -0.496. The molecule has 0 fully saturated rings. The van der Waals surface area contributed by atoms with E-state index in [2.05, 4.69) is 5.22 Å². The van der Waals surface area contributed by atoms with Crippen molar-refractivity contribution < 1.29 is 4.70 Å². The molecule has 1 aliphatic rings. The molecule has 0 aromatic heterocycles. The van der Waals surface area contributed by atoms with Crippen molar-refractivity contribution in [2.75, 3.05) is 18.1 Å². The van der Waals surface area contributed by atoms with Crippen molar-refractivity contribution in [3.63, 3.8) is 0 Å².